The summed E-state index contributed by atoms with van der Waals surface area (Å²) in [6.45, 7) is -0.326. The van der Waals surface area contributed by atoms with Crippen molar-refractivity contribution in [3.63, 3.8) is 0 Å². The van der Waals surface area contributed by atoms with Crippen molar-refractivity contribution >= 4 is 5.97 Å². The van der Waals surface area contributed by atoms with Crippen LogP contribution in [-0.4, -0.2) is 32.3 Å². The zero-order valence-electron chi connectivity index (χ0n) is 9.73. The first-order chi connectivity index (χ1) is 8.69. The number of hydrogen-bond donors (Lipinski definition) is 2. The highest BCUT2D eigenvalue weighted by Crippen LogP contribution is 2.26. The van der Waals surface area contributed by atoms with Gasteiger partial charge >= 0.3 is 5.97 Å². The van der Waals surface area contributed by atoms with Gasteiger partial charge in [0.1, 0.15) is 5.41 Å². The van der Waals surface area contributed by atoms with E-state index in [4.69, 9.17) is 0 Å². The molecule has 5 nitrogen and oxygen atoms in total. The van der Waals surface area contributed by atoms with E-state index in [0.29, 0.717) is 5.56 Å². The van der Waals surface area contributed by atoms with Crippen molar-refractivity contribution in [2.45, 2.75) is 12.0 Å². The average Bonchev–Trinajstić information content (AvgIpc) is 2.89. The Morgan fingerprint density at radius 3 is 2.56 bits per heavy atom. The molecule has 0 fully saturated rings. The summed E-state index contributed by atoms with van der Waals surface area (Å²) in [6, 6.07) is 8.75. The van der Waals surface area contributed by atoms with Crippen LogP contribution in [0.2, 0.25) is 0 Å². The quantitative estimate of drug-likeness (QED) is 0.821. The zero-order valence-corrected chi connectivity index (χ0v) is 9.73. The summed E-state index contributed by atoms with van der Waals surface area (Å²) in [5.41, 5.74) is -0.768. The van der Waals surface area contributed by atoms with Gasteiger partial charge in [-0.2, -0.15) is 0 Å². The molecule has 0 saturated heterocycles. The van der Waals surface area contributed by atoms with Crippen LogP contribution < -0.4 is 0 Å². The van der Waals surface area contributed by atoms with Crippen molar-refractivity contribution < 1.29 is 15.0 Å². The highest BCUT2D eigenvalue weighted by Gasteiger charge is 2.40. The number of carboxylic acid groups (broad SMARTS) is 1. The summed E-state index contributed by atoms with van der Waals surface area (Å²) in [5.74, 6) is -1.05. The van der Waals surface area contributed by atoms with Crippen LogP contribution in [-0.2, 0) is 16.8 Å². The number of rotatable bonds is 5. The summed E-state index contributed by atoms with van der Waals surface area (Å²) in [4.78, 5) is 15.5. The molecular weight excluding hydrogens is 232 g/mol. The summed E-state index contributed by atoms with van der Waals surface area (Å²) in [5, 5.41) is 19.1. The van der Waals surface area contributed by atoms with E-state index in [9.17, 15) is 15.0 Å². The molecule has 0 spiro atoms. The highest BCUT2D eigenvalue weighted by atomic mass is 16.4. The Balaban J connectivity index is 2.43. The normalized spacial score (nSPS) is 14.1. The maximum atomic E-state index is 11.6. The lowest BCUT2D eigenvalue weighted by molar-refractivity contribution is -0.146. The molecule has 2 aromatic rings. The fourth-order valence-electron chi connectivity index (χ4n) is 1.94. The van der Waals surface area contributed by atoms with Gasteiger partial charge in [-0.3, -0.25) is 4.79 Å². The molecule has 1 atom stereocenters. The van der Waals surface area contributed by atoms with Gasteiger partial charge in [0.15, 0.2) is 0 Å². The van der Waals surface area contributed by atoms with E-state index in [1.54, 1.807) is 41.2 Å². The van der Waals surface area contributed by atoms with Gasteiger partial charge in [-0.1, -0.05) is 30.3 Å². The molecular formula is C13H14N2O3. The minimum Gasteiger partial charge on any atom is -0.480 e. The molecule has 0 unspecified atom stereocenters. The fraction of sp³-hybridized carbons (Fsp3) is 0.231. The topological polar surface area (TPSA) is 75.3 Å². The molecule has 0 aliphatic rings. The van der Waals surface area contributed by atoms with E-state index >= 15 is 0 Å². The van der Waals surface area contributed by atoms with Crippen LogP contribution in [0.15, 0.2) is 49.1 Å². The van der Waals surface area contributed by atoms with Gasteiger partial charge in [-0.25, -0.2) is 4.98 Å². The second-order valence-electron chi connectivity index (χ2n) is 4.15. The molecule has 1 aromatic carbocycles. The Hall–Kier alpha value is -2.14. The minimum absolute atomic E-state index is 0.142. The largest absolute Gasteiger partial charge is 0.480 e. The van der Waals surface area contributed by atoms with E-state index < -0.39 is 18.0 Å². The zero-order chi connectivity index (χ0) is 13.0. The lowest BCUT2D eigenvalue weighted by Crippen LogP contribution is -2.43. The number of hydrogen-bond acceptors (Lipinski definition) is 3. The van der Waals surface area contributed by atoms with Gasteiger partial charge in [0.2, 0.25) is 0 Å². The number of aliphatic carboxylic acids is 1. The van der Waals surface area contributed by atoms with Crippen LogP contribution in [0, 0.1) is 0 Å². The first-order valence-corrected chi connectivity index (χ1v) is 5.54. The molecule has 0 aliphatic heterocycles. The molecule has 1 heterocycles. The Bertz CT molecular complexity index is 510. The van der Waals surface area contributed by atoms with Crippen molar-refractivity contribution in [2.75, 3.05) is 6.61 Å². The van der Waals surface area contributed by atoms with Gasteiger partial charge in [0.05, 0.1) is 12.9 Å². The average molecular weight is 246 g/mol. The van der Waals surface area contributed by atoms with Crippen molar-refractivity contribution in [1.82, 2.24) is 9.55 Å². The molecule has 2 N–H and O–H groups in total. The standard InChI is InChI=1S/C13H14N2O3/c16-9-13(12(17)18,8-15-7-6-14-10-15)11-4-2-1-3-5-11/h1-7,10,16H,8-9H2,(H,17,18)/t13-/m0/s1. The highest BCUT2D eigenvalue weighted by molar-refractivity contribution is 5.81. The number of nitrogens with zero attached hydrogens (tertiary/aromatic N) is 2. The third kappa shape index (κ3) is 2.12. The van der Waals surface area contributed by atoms with Crippen LogP contribution in [0.5, 0.6) is 0 Å². The van der Waals surface area contributed by atoms with E-state index in [1.807, 2.05) is 6.07 Å². The fourth-order valence-corrected chi connectivity index (χ4v) is 1.94. The summed E-state index contributed by atoms with van der Waals surface area (Å²) in [7, 11) is 0. The molecule has 1 aromatic heterocycles. The van der Waals surface area contributed by atoms with Gasteiger partial charge in [-0.05, 0) is 5.56 Å². The van der Waals surface area contributed by atoms with Crippen molar-refractivity contribution in [3.05, 3.63) is 54.6 Å². The van der Waals surface area contributed by atoms with Crippen LogP contribution in [0.3, 0.4) is 0 Å². The maximum Gasteiger partial charge on any atom is 0.318 e. The first-order valence-electron chi connectivity index (χ1n) is 5.54. The molecule has 0 saturated carbocycles. The van der Waals surface area contributed by atoms with Crippen LogP contribution in [0.1, 0.15) is 5.56 Å². The van der Waals surface area contributed by atoms with Crippen molar-refractivity contribution in [3.8, 4) is 0 Å². The Kier molecular flexibility index (Phi) is 3.43. The van der Waals surface area contributed by atoms with Crippen LogP contribution in [0.4, 0.5) is 0 Å². The van der Waals surface area contributed by atoms with Crippen LogP contribution in [0.25, 0.3) is 0 Å². The number of benzene rings is 1. The smallest absolute Gasteiger partial charge is 0.318 e. The van der Waals surface area contributed by atoms with Crippen LogP contribution >= 0.6 is 0 Å². The summed E-state index contributed by atoms with van der Waals surface area (Å²) in [6.07, 6.45) is 4.79. The number of aliphatic hydroxyl groups is 1. The van der Waals surface area contributed by atoms with E-state index in [0.717, 1.165) is 0 Å². The monoisotopic (exact) mass is 246 g/mol. The van der Waals surface area contributed by atoms with Crippen molar-refractivity contribution in [2.24, 2.45) is 0 Å². The van der Waals surface area contributed by atoms with Gasteiger partial charge < -0.3 is 14.8 Å². The molecule has 94 valence electrons. The van der Waals surface area contributed by atoms with E-state index in [2.05, 4.69) is 4.98 Å². The predicted molar refractivity (Wildman–Crippen MR) is 65.1 cm³/mol. The maximum absolute atomic E-state index is 11.6. The second kappa shape index (κ2) is 5.01. The number of carbonyl (C=O) groups is 1. The molecule has 2 rings (SSSR count). The number of aromatic nitrogens is 2. The lowest BCUT2D eigenvalue weighted by atomic mass is 9.81. The van der Waals surface area contributed by atoms with E-state index in [-0.39, 0.29) is 6.54 Å². The summed E-state index contributed by atoms with van der Waals surface area (Å²) >= 11 is 0. The molecule has 5 heteroatoms. The number of carboxylic acids is 1. The van der Waals surface area contributed by atoms with Crippen molar-refractivity contribution in [1.29, 1.82) is 0 Å². The third-order valence-electron chi connectivity index (χ3n) is 3.02. The minimum atomic E-state index is -1.35. The summed E-state index contributed by atoms with van der Waals surface area (Å²) < 4.78 is 1.65. The molecule has 0 amide bonds. The predicted octanol–water partition coefficient (Wildman–Crippen LogP) is 0.898. The van der Waals surface area contributed by atoms with E-state index in [1.165, 1.54) is 6.33 Å². The second-order valence-corrected chi connectivity index (χ2v) is 4.15. The lowest BCUT2D eigenvalue weighted by Gasteiger charge is -2.28. The number of aliphatic hydroxyl groups excluding tert-OH is 1. The Morgan fingerprint density at radius 2 is 2.06 bits per heavy atom. The van der Waals surface area contributed by atoms with Gasteiger partial charge in [-0.15, -0.1) is 0 Å². The molecule has 0 bridgehead atoms. The third-order valence-corrected chi connectivity index (χ3v) is 3.02. The first kappa shape index (κ1) is 12.3. The molecule has 0 aliphatic carbocycles. The van der Waals surface area contributed by atoms with Gasteiger partial charge in [0.25, 0.3) is 0 Å². The number of imidazole rings is 1. The molecule has 0 radical (unpaired) electrons. The SMILES string of the molecule is O=C(O)[C@](CO)(Cn1ccnc1)c1ccccc1. The Labute approximate surface area is 104 Å². The Morgan fingerprint density at radius 1 is 1.33 bits per heavy atom. The molecule has 18 heavy (non-hydrogen) atoms. The van der Waals surface area contributed by atoms with Gasteiger partial charge in [0, 0.05) is 18.9 Å².